The lowest BCUT2D eigenvalue weighted by Gasteiger charge is -2.30. The normalized spacial score (nSPS) is 20.0. The van der Waals surface area contributed by atoms with Crippen molar-refractivity contribution in [2.45, 2.75) is 109 Å². The maximum Gasteiger partial charge on any atom is 0.333 e. The Labute approximate surface area is 445 Å². The lowest BCUT2D eigenvalue weighted by molar-refractivity contribution is -0.438. The monoisotopic (exact) mass is 1160 g/mol. The number of benzene rings is 4. The Morgan fingerprint density at radius 2 is 1.25 bits per heavy atom. The van der Waals surface area contributed by atoms with Gasteiger partial charge < -0.3 is 37.2 Å². The Bertz CT molecular complexity index is 3840. The molecule has 0 spiro atoms. The lowest BCUT2D eigenvalue weighted by atomic mass is 9.75. The van der Waals surface area contributed by atoms with Gasteiger partial charge in [0.05, 0.1) is 35.1 Å². The number of ether oxygens (including phenoxy) is 1. The van der Waals surface area contributed by atoms with Gasteiger partial charge in [0.2, 0.25) is 5.69 Å². The van der Waals surface area contributed by atoms with E-state index in [4.69, 9.17) is 9.57 Å². The van der Waals surface area contributed by atoms with E-state index in [2.05, 4.69) is 0 Å². The summed E-state index contributed by atoms with van der Waals surface area (Å²) in [4.78, 5) is 39.4. The predicted molar refractivity (Wildman–Crippen MR) is 270 cm³/mol. The molecule has 3 heterocycles. The number of hydroxylamine groups is 2. The van der Waals surface area contributed by atoms with Gasteiger partial charge in [0, 0.05) is 91.6 Å². The van der Waals surface area contributed by atoms with Crippen molar-refractivity contribution in [2.24, 2.45) is 0 Å². The number of fused-ring (bicyclic) bond motifs is 6. The average Bonchev–Trinajstić information content (AvgIpc) is 3.87. The van der Waals surface area contributed by atoms with E-state index in [-0.39, 0.29) is 91.8 Å². The van der Waals surface area contributed by atoms with Crippen molar-refractivity contribution in [3.05, 3.63) is 95.7 Å². The van der Waals surface area contributed by atoms with Gasteiger partial charge in [-0.05, 0) is 117 Å². The molecule has 0 bridgehead atoms. The summed E-state index contributed by atoms with van der Waals surface area (Å²) in [6, 6.07) is 8.63. The van der Waals surface area contributed by atoms with Crippen LogP contribution in [0, 0.1) is 0 Å². The van der Waals surface area contributed by atoms with Crippen molar-refractivity contribution in [1.82, 2.24) is 5.06 Å². The van der Waals surface area contributed by atoms with Crippen LogP contribution in [0.1, 0.15) is 89.7 Å². The highest BCUT2D eigenvalue weighted by Crippen LogP contribution is 2.54. The second-order valence-corrected chi connectivity index (χ2v) is 26.0. The third-order valence-electron chi connectivity index (χ3n) is 14.0. The van der Waals surface area contributed by atoms with E-state index >= 15 is 0 Å². The number of amides is 2. The van der Waals surface area contributed by atoms with E-state index in [0.717, 1.165) is 12.1 Å². The van der Waals surface area contributed by atoms with Gasteiger partial charge in [-0.1, -0.05) is 24.3 Å². The van der Waals surface area contributed by atoms with E-state index in [9.17, 15) is 79.2 Å². The first kappa shape index (κ1) is 58.9. The Morgan fingerprint density at radius 3 is 1.78 bits per heavy atom. The Morgan fingerprint density at radius 1 is 0.675 bits per heavy atom. The summed E-state index contributed by atoms with van der Waals surface area (Å²) in [6.07, 6.45) is 8.70. The van der Waals surface area contributed by atoms with E-state index in [1.807, 2.05) is 4.58 Å². The number of methoxy groups -OCH3 is 1. The molecule has 4 aromatic rings. The number of hydrogen-bond acceptors (Lipinski definition) is 21. The van der Waals surface area contributed by atoms with Crippen LogP contribution in [-0.4, -0.2) is 131 Å². The summed E-state index contributed by atoms with van der Waals surface area (Å²) in [7, 11) is -24.8. The van der Waals surface area contributed by atoms with Crippen LogP contribution in [0.4, 0.5) is 11.4 Å². The second-order valence-electron chi connectivity index (χ2n) is 19.0. The van der Waals surface area contributed by atoms with Crippen molar-refractivity contribution in [3.63, 3.8) is 0 Å². The van der Waals surface area contributed by atoms with E-state index in [0.29, 0.717) is 58.4 Å². The third-order valence-corrected chi connectivity index (χ3v) is 18.2. The molecule has 3 aliphatic rings. The zero-order chi connectivity index (χ0) is 56.8. The molecule has 23 nitrogen and oxygen atoms in total. The molecule has 0 saturated carbocycles. The second kappa shape index (κ2) is 21.8. The standard InChI is InChI=1S/C49H55N3O20S5/c1-5-50-37-18-16-33-35(27-31(74(59,60)61)29-39(33)76(65,66)67)46(37)48(2,22-12-26-73(56,57)58)41(50)13-8-6-9-14-42-49(3,23-25-71-4)47-36-28-32(75(62,63)64)30-40(77(68,69)70)34(36)17-19-38(47)51(42)24-11-7-10-15-45(55)72-52-43(53)20-21-44(52)54/h6,8-9,13-14,16-19,27-30H,5,7,10-12,15,20-26H2,1-4H3,(H4-,56,57,58,59,60,61,62,63,64,65,66,67,68,69,70)/p-4. The van der Waals surface area contributed by atoms with Gasteiger partial charge in [-0.15, -0.1) is 5.06 Å². The van der Waals surface area contributed by atoms with Gasteiger partial charge in [0.1, 0.15) is 47.0 Å². The quantitative estimate of drug-likeness (QED) is 0.0348. The van der Waals surface area contributed by atoms with Crippen molar-refractivity contribution in [2.75, 3.05) is 37.5 Å². The van der Waals surface area contributed by atoms with Crippen LogP contribution in [0.3, 0.4) is 0 Å². The fourth-order valence-electron chi connectivity index (χ4n) is 10.6. The molecule has 1 fully saturated rings. The number of unbranched alkanes of at least 4 members (excludes halogenated alkanes) is 2. The number of allylic oxidation sites excluding steroid dienone is 6. The van der Waals surface area contributed by atoms with Gasteiger partial charge in [0.25, 0.3) is 11.8 Å². The molecule has 2 atom stereocenters. The summed E-state index contributed by atoms with van der Waals surface area (Å²) in [5.74, 6) is -2.89. The van der Waals surface area contributed by atoms with Gasteiger partial charge in [-0.3, -0.25) is 9.59 Å². The van der Waals surface area contributed by atoms with Crippen LogP contribution in [0.15, 0.2) is 104 Å². The van der Waals surface area contributed by atoms with Crippen LogP contribution >= 0.6 is 0 Å². The summed E-state index contributed by atoms with van der Waals surface area (Å²) >= 11 is 0. The molecule has 3 aliphatic heterocycles. The van der Waals surface area contributed by atoms with Gasteiger partial charge in [0.15, 0.2) is 5.71 Å². The highest BCUT2D eigenvalue weighted by Gasteiger charge is 2.49. The Kier molecular flexibility index (Phi) is 16.7. The van der Waals surface area contributed by atoms with Gasteiger partial charge in [-0.2, -0.15) is 4.58 Å². The van der Waals surface area contributed by atoms with Crippen LogP contribution in [0.5, 0.6) is 0 Å². The van der Waals surface area contributed by atoms with Crippen LogP contribution in [0.2, 0.25) is 0 Å². The number of carbonyl (C=O) groups is 3. The van der Waals surface area contributed by atoms with Crippen molar-refractivity contribution in [3.8, 4) is 0 Å². The molecule has 77 heavy (non-hydrogen) atoms. The van der Waals surface area contributed by atoms with Crippen molar-refractivity contribution < 1.29 is 93.4 Å². The van der Waals surface area contributed by atoms with E-state index < -0.39 is 105 Å². The summed E-state index contributed by atoms with van der Waals surface area (Å²) in [6.45, 7) is 5.69. The third kappa shape index (κ3) is 12.1. The average molecular weight is 1160 g/mol. The molecular weight excluding hydrogens is 1110 g/mol. The van der Waals surface area contributed by atoms with Gasteiger partial charge in [-0.25, -0.2) is 46.9 Å². The zero-order valence-corrected chi connectivity index (χ0v) is 45.8. The van der Waals surface area contributed by atoms with E-state index in [1.54, 1.807) is 62.1 Å². The first-order chi connectivity index (χ1) is 35.8. The van der Waals surface area contributed by atoms with Crippen molar-refractivity contribution >= 4 is 107 Å². The number of rotatable bonds is 22. The highest BCUT2D eigenvalue weighted by atomic mass is 32.2. The predicted octanol–water partition coefficient (Wildman–Crippen LogP) is 4.29. The highest BCUT2D eigenvalue weighted by molar-refractivity contribution is 7.87. The molecule has 28 heteroatoms. The fraction of sp³-hybridized carbons (Fsp3) is 0.388. The van der Waals surface area contributed by atoms with Crippen molar-refractivity contribution in [1.29, 1.82) is 0 Å². The first-order valence-electron chi connectivity index (χ1n) is 23.8. The molecular formula is C49H51N3O20S5-4. The molecule has 1 saturated heterocycles. The molecule has 2 unspecified atom stereocenters. The van der Waals surface area contributed by atoms with Crippen LogP contribution in [-0.2, 0) is 85.4 Å². The summed E-state index contributed by atoms with van der Waals surface area (Å²) in [5, 5.41) is -0.0310. The Balaban J connectivity index is 1.34. The minimum atomic E-state index is -5.39. The summed E-state index contributed by atoms with van der Waals surface area (Å²) < 4.78 is 193. The largest absolute Gasteiger partial charge is 0.748 e. The van der Waals surface area contributed by atoms with Gasteiger partial charge >= 0.3 is 5.97 Å². The smallest absolute Gasteiger partial charge is 0.333 e. The van der Waals surface area contributed by atoms with E-state index in [1.165, 1.54) is 25.3 Å². The molecule has 0 aliphatic carbocycles. The number of nitrogens with zero attached hydrogens (tertiary/aromatic N) is 3. The number of imide groups is 1. The number of carbonyl (C=O) groups excluding carboxylic acids is 3. The molecule has 0 N–H and O–H groups in total. The van der Waals surface area contributed by atoms with Crippen LogP contribution in [0.25, 0.3) is 21.5 Å². The Hall–Kier alpha value is -5.79. The number of hydrogen-bond donors (Lipinski definition) is 0. The molecule has 0 radical (unpaired) electrons. The zero-order valence-electron chi connectivity index (χ0n) is 41.7. The van der Waals surface area contributed by atoms with Crippen LogP contribution < -0.4 is 4.90 Å². The maximum atomic E-state index is 12.7. The SMILES string of the molecule is CCN1/C(=C/C=C/C=C/C2=[N+](CCCCCC(=O)ON3C(=O)CCC3=O)c3ccc4c(S(=O)(=O)[O-])cc(S(=O)(=O)[O-])cc4c3C2(C)CCOC)C(C)(CCCS(=O)(=O)[O-])c2c1ccc1c(S(=O)(=O)[O-])cc(S(=O)(=O)[O-])cc21. The minimum Gasteiger partial charge on any atom is -0.748 e. The molecule has 4 aromatic carbocycles. The summed E-state index contributed by atoms with van der Waals surface area (Å²) in [5.41, 5.74) is -0.123. The lowest BCUT2D eigenvalue weighted by Crippen LogP contribution is -2.33. The number of likely N-dealkylation sites (N-methyl/N-ethyl adjacent to an activating group) is 1. The fourth-order valence-corrected chi connectivity index (χ4v) is 13.7. The molecule has 2 amide bonds. The molecule has 0 aromatic heterocycles. The molecule has 416 valence electrons. The molecule has 7 rings (SSSR count). The number of anilines is 1. The topological polar surface area (TPSA) is 365 Å². The minimum absolute atomic E-state index is 0.0214. The maximum absolute atomic E-state index is 12.7. The first-order valence-corrected chi connectivity index (χ1v) is 31.0.